The molecule has 160 valence electrons. The second kappa shape index (κ2) is 14.6. The van der Waals surface area contributed by atoms with E-state index < -0.39 is 19.7 Å². The highest BCUT2D eigenvalue weighted by molar-refractivity contribution is 7.49. The summed E-state index contributed by atoms with van der Waals surface area (Å²) >= 11 is 0. The Hall–Kier alpha value is -1.42. The van der Waals surface area contributed by atoms with Crippen molar-refractivity contribution in [2.45, 2.75) is 73.1 Å². The summed E-state index contributed by atoms with van der Waals surface area (Å²) in [5, 5.41) is 2.42. The third-order valence-electron chi connectivity index (χ3n) is 4.24. The lowest BCUT2D eigenvalue weighted by Gasteiger charge is -2.28. The fraction of sp³-hybridized carbons (Fsp3) is 0.591. The molecule has 0 aliphatic heterocycles. The molecule has 0 saturated heterocycles. The van der Waals surface area contributed by atoms with E-state index in [4.69, 9.17) is 0 Å². The van der Waals surface area contributed by atoms with Crippen molar-refractivity contribution < 1.29 is 19.1 Å². The molecule has 1 amide bonds. The Morgan fingerprint density at radius 3 is 1.64 bits per heavy atom. The van der Waals surface area contributed by atoms with Crippen molar-refractivity contribution >= 4 is 13.5 Å². The lowest BCUT2D eigenvalue weighted by molar-refractivity contribution is -0.312. The van der Waals surface area contributed by atoms with Gasteiger partial charge in [-0.1, -0.05) is 54.2 Å². The summed E-state index contributed by atoms with van der Waals surface area (Å²) in [6.45, 7) is 10.8. The first-order chi connectivity index (χ1) is 13.0. The van der Waals surface area contributed by atoms with Crippen LogP contribution in [0.1, 0.15) is 73.1 Å². The van der Waals surface area contributed by atoms with Gasteiger partial charge in [-0.2, -0.15) is 0 Å². The Morgan fingerprint density at radius 1 is 0.786 bits per heavy atom. The number of amides is 1. The van der Waals surface area contributed by atoms with Gasteiger partial charge in [0.15, 0.2) is 0 Å². The molecule has 0 atom stereocenters. The molecule has 0 aromatic carbocycles. The largest absolute Gasteiger partial charge is 0.810 e. The second-order valence-electron chi connectivity index (χ2n) is 7.62. The predicted octanol–water partition coefficient (Wildman–Crippen LogP) is 4.16. The van der Waals surface area contributed by atoms with Crippen molar-refractivity contribution in [3.05, 3.63) is 46.6 Å². The maximum Gasteiger partial charge on any atom is 0.225 e. The molecule has 0 heterocycles. The van der Waals surface area contributed by atoms with Crippen LogP contribution in [0, 0.1) is 0 Å². The van der Waals surface area contributed by atoms with E-state index in [1.54, 1.807) is 0 Å². The van der Waals surface area contributed by atoms with Crippen LogP contribution in [0.4, 0.5) is 0 Å². The number of rotatable bonds is 13. The van der Waals surface area contributed by atoms with Crippen LogP contribution in [-0.4, -0.2) is 18.6 Å². The number of carbonyl (C=O) groups is 1. The fourth-order valence-electron chi connectivity index (χ4n) is 2.56. The van der Waals surface area contributed by atoms with Crippen LogP contribution in [0.25, 0.3) is 0 Å². The summed E-state index contributed by atoms with van der Waals surface area (Å²) in [7, 11) is -4.79. The van der Waals surface area contributed by atoms with Gasteiger partial charge in [0.25, 0.3) is 0 Å². The molecule has 0 aromatic heterocycles. The van der Waals surface area contributed by atoms with E-state index in [1.807, 2.05) is 13.0 Å². The van der Waals surface area contributed by atoms with Crippen LogP contribution in [-0.2, 0) is 9.36 Å². The average molecular weight is 410 g/mol. The lowest BCUT2D eigenvalue weighted by atomic mass is 10.0. The Bertz CT molecular complexity index is 649. The van der Waals surface area contributed by atoms with Crippen LogP contribution < -0.4 is 15.1 Å². The van der Waals surface area contributed by atoms with Crippen LogP contribution in [0.15, 0.2) is 46.6 Å². The van der Waals surface area contributed by atoms with E-state index >= 15 is 0 Å². The van der Waals surface area contributed by atoms with Crippen molar-refractivity contribution in [3.63, 3.8) is 0 Å². The Morgan fingerprint density at radius 2 is 1.21 bits per heavy atom. The molecule has 0 rings (SSSR count). The highest BCUT2D eigenvalue weighted by atomic mass is 31.2. The number of hydrogen-bond acceptors (Lipinski definition) is 4. The van der Waals surface area contributed by atoms with Crippen molar-refractivity contribution in [3.8, 4) is 0 Å². The minimum absolute atomic E-state index is 0.240. The van der Waals surface area contributed by atoms with Gasteiger partial charge in [-0.15, -0.1) is 0 Å². The minimum atomic E-state index is -4.79. The first kappa shape index (κ1) is 26.6. The van der Waals surface area contributed by atoms with E-state index in [0.29, 0.717) is 0 Å². The van der Waals surface area contributed by atoms with E-state index in [9.17, 15) is 19.1 Å². The van der Waals surface area contributed by atoms with Gasteiger partial charge in [-0.3, -0.25) is 4.79 Å². The molecule has 1 N–H and O–H groups in total. The summed E-state index contributed by atoms with van der Waals surface area (Å²) in [5.41, 5.74) is 5.30. The summed E-state index contributed by atoms with van der Waals surface area (Å²) in [6, 6.07) is 0. The smallest absolute Gasteiger partial charge is 0.225 e. The van der Waals surface area contributed by atoms with E-state index in [-0.39, 0.29) is 6.54 Å². The minimum Gasteiger partial charge on any atom is -0.810 e. The van der Waals surface area contributed by atoms with Gasteiger partial charge >= 0.3 is 0 Å². The SMILES string of the molecule is CC(C)=CCC/C(C)=C/CC/C(C)=C/CC/C(C)=C/CNC(=O)CP(=O)([O-])[O-]. The van der Waals surface area contributed by atoms with E-state index in [0.717, 1.165) is 44.1 Å². The standard InChI is InChI=1S/C22H38NO4P/c1-18(2)9-6-10-19(3)11-7-12-20(4)13-8-14-21(5)15-16-23-22(24)17-28(25,26)27/h9,11,13,15H,6-8,10,12,14,16-17H2,1-5H3,(H,23,24)(H2,25,26,27)/p-2/b19-11+,20-13+,21-15+. The molecule has 5 nitrogen and oxygen atoms in total. The number of allylic oxidation sites excluding steroid dienone is 7. The maximum atomic E-state index is 11.3. The van der Waals surface area contributed by atoms with Gasteiger partial charge in [-0.25, -0.2) is 0 Å². The van der Waals surface area contributed by atoms with Crippen molar-refractivity contribution in [1.82, 2.24) is 5.32 Å². The topological polar surface area (TPSA) is 92.3 Å². The lowest BCUT2D eigenvalue weighted by Crippen LogP contribution is -2.31. The first-order valence-electron chi connectivity index (χ1n) is 9.87. The summed E-state index contributed by atoms with van der Waals surface area (Å²) in [6.07, 6.45) is 13.9. The van der Waals surface area contributed by atoms with Gasteiger partial charge in [0.05, 0.1) is 6.16 Å². The fourth-order valence-corrected chi connectivity index (χ4v) is 3.02. The van der Waals surface area contributed by atoms with Gasteiger partial charge in [-0.05, 0) is 73.1 Å². The molecular formula is C22H36NO4P-2. The molecule has 0 aliphatic rings. The summed E-state index contributed by atoms with van der Waals surface area (Å²) < 4.78 is 10.5. The number of nitrogens with one attached hydrogen (secondary N) is 1. The van der Waals surface area contributed by atoms with Crippen molar-refractivity contribution in [2.75, 3.05) is 12.7 Å². The molecule has 0 unspecified atom stereocenters. The van der Waals surface area contributed by atoms with Gasteiger partial charge in [0.1, 0.15) is 0 Å². The Balaban J connectivity index is 4.08. The van der Waals surface area contributed by atoms with Gasteiger partial charge < -0.3 is 19.7 Å². The highest BCUT2D eigenvalue weighted by Crippen LogP contribution is 2.21. The molecule has 28 heavy (non-hydrogen) atoms. The van der Waals surface area contributed by atoms with Crippen LogP contribution in [0.3, 0.4) is 0 Å². The molecule has 0 bridgehead atoms. The zero-order valence-corrected chi connectivity index (χ0v) is 18.9. The monoisotopic (exact) mass is 409 g/mol. The molecule has 0 saturated carbocycles. The average Bonchev–Trinajstić information content (AvgIpc) is 2.52. The third-order valence-corrected chi connectivity index (χ3v) is 4.92. The second-order valence-corrected chi connectivity index (χ2v) is 9.16. The quantitative estimate of drug-likeness (QED) is 0.365. The van der Waals surface area contributed by atoms with Crippen LogP contribution in [0.5, 0.6) is 0 Å². The molecule has 0 aromatic rings. The molecule has 0 spiro atoms. The highest BCUT2D eigenvalue weighted by Gasteiger charge is 2.02. The maximum absolute atomic E-state index is 11.3. The number of hydrogen-bond donors (Lipinski definition) is 1. The van der Waals surface area contributed by atoms with Crippen molar-refractivity contribution in [2.24, 2.45) is 0 Å². The van der Waals surface area contributed by atoms with Crippen LogP contribution in [0.2, 0.25) is 0 Å². The van der Waals surface area contributed by atoms with E-state index in [1.165, 1.54) is 16.7 Å². The predicted molar refractivity (Wildman–Crippen MR) is 114 cm³/mol. The number of carbonyl (C=O) groups excluding carboxylic acids is 1. The summed E-state index contributed by atoms with van der Waals surface area (Å²) in [4.78, 5) is 32.3. The van der Waals surface area contributed by atoms with E-state index in [2.05, 4.69) is 51.2 Å². The third kappa shape index (κ3) is 18.0. The van der Waals surface area contributed by atoms with Gasteiger partial charge in [0, 0.05) is 6.54 Å². The molecule has 0 radical (unpaired) electrons. The molecule has 0 aliphatic carbocycles. The van der Waals surface area contributed by atoms with Gasteiger partial charge in [0.2, 0.25) is 5.91 Å². The Labute approximate surface area is 170 Å². The normalized spacial score (nSPS) is 13.5. The summed E-state index contributed by atoms with van der Waals surface area (Å²) in [5.74, 6) is -0.752. The van der Waals surface area contributed by atoms with Crippen LogP contribution >= 0.6 is 7.60 Å². The first-order valence-corrected chi connectivity index (χ1v) is 11.6. The zero-order valence-electron chi connectivity index (χ0n) is 18.0. The molecule has 6 heteroatoms. The zero-order chi connectivity index (χ0) is 21.6. The van der Waals surface area contributed by atoms with Crippen molar-refractivity contribution in [1.29, 1.82) is 0 Å². The Kier molecular flexibility index (Phi) is 13.8. The molecule has 0 fully saturated rings. The molecular weight excluding hydrogens is 373 g/mol.